The lowest BCUT2D eigenvalue weighted by Gasteiger charge is -2.34. The summed E-state index contributed by atoms with van der Waals surface area (Å²) >= 11 is 12.5. The number of aromatic nitrogens is 4. The van der Waals surface area contributed by atoms with Crippen LogP contribution in [0.15, 0.2) is 24.5 Å². The van der Waals surface area contributed by atoms with Gasteiger partial charge in [-0.05, 0) is 12.1 Å². The zero-order chi connectivity index (χ0) is 18.5. The highest BCUT2D eigenvalue weighted by Crippen LogP contribution is 2.42. The second-order valence-electron chi connectivity index (χ2n) is 6.01. The molecular weight excluding hydrogens is 390 g/mol. The van der Waals surface area contributed by atoms with E-state index in [0.717, 1.165) is 0 Å². The van der Waals surface area contributed by atoms with Crippen LogP contribution in [0.2, 0.25) is 10.2 Å². The SMILES string of the molecule is Fc1cccc(Cl)c1-c1c(Cl)nc2ncnn2c1N1CCC(F)(F)CC1. The first-order chi connectivity index (χ1) is 12.4. The Balaban J connectivity index is 1.97. The van der Waals surface area contributed by atoms with E-state index < -0.39 is 11.7 Å². The lowest BCUT2D eigenvalue weighted by Crippen LogP contribution is -2.40. The first-order valence-corrected chi connectivity index (χ1v) is 8.59. The first-order valence-electron chi connectivity index (χ1n) is 7.84. The monoisotopic (exact) mass is 401 g/mol. The van der Waals surface area contributed by atoms with Crippen LogP contribution < -0.4 is 4.90 Å². The molecule has 2 aromatic heterocycles. The summed E-state index contributed by atoms with van der Waals surface area (Å²) < 4.78 is 43.1. The van der Waals surface area contributed by atoms with Crippen molar-refractivity contribution >= 4 is 34.8 Å². The van der Waals surface area contributed by atoms with Crippen LogP contribution in [0.5, 0.6) is 0 Å². The number of anilines is 1. The van der Waals surface area contributed by atoms with Crippen molar-refractivity contribution in [2.24, 2.45) is 0 Å². The molecule has 1 aromatic carbocycles. The van der Waals surface area contributed by atoms with Crippen molar-refractivity contribution in [2.75, 3.05) is 18.0 Å². The van der Waals surface area contributed by atoms with E-state index in [-0.39, 0.29) is 53.0 Å². The summed E-state index contributed by atoms with van der Waals surface area (Å²) in [5.74, 6) is -2.78. The largest absolute Gasteiger partial charge is 0.355 e. The van der Waals surface area contributed by atoms with Crippen LogP contribution >= 0.6 is 23.2 Å². The topological polar surface area (TPSA) is 46.3 Å². The predicted molar refractivity (Wildman–Crippen MR) is 92.6 cm³/mol. The van der Waals surface area contributed by atoms with Gasteiger partial charge >= 0.3 is 0 Å². The van der Waals surface area contributed by atoms with Gasteiger partial charge in [0.05, 0.1) is 10.6 Å². The molecule has 26 heavy (non-hydrogen) atoms. The van der Waals surface area contributed by atoms with Crippen molar-refractivity contribution in [3.05, 3.63) is 40.5 Å². The third-order valence-corrected chi connectivity index (χ3v) is 4.95. The minimum absolute atomic E-state index is 0.0233. The Hall–Kier alpha value is -2.06. The van der Waals surface area contributed by atoms with E-state index in [1.807, 2.05) is 0 Å². The maximum Gasteiger partial charge on any atom is 0.255 e. The van der Waals surface area contributed by atoms with Gasteiger partial charge in [0.1, 0.15) is 23.1 Å². The van der Waals surface area contributed by atoms with Crippen molar-refractivity contribution in [1.29, 1.82) is 0 Å². The molecule has 3 aromatic rings. The molecule has 0 bridgehead atoms. The molecule has 0 N–H and O–H groups in total. The average Bonchev–Trinajstić information content (AvgIpc) is 3.03. The van der Waals surface area contributed by atoms with Gasteiger partial charge in [-0.1, -0.05) is 29.3 Å². The fraction of sp³-hybridized carbons (Fsp3) is 0.312. The molecule has 0 spiro atoms. The van der Waals surface area contributed by atoms with Gasteiger partial charge in [0.2, 0.25) is 0 Å². The third-order valence-electron chi connectivity index (χ3n) is 4.37. The predicted octanol–water partition coefficient (Wildman–Crippen LogP) is 4.47. The normalized spacial score (nSPS) is 17.0. The Morgan fingerprint density at radius 2 is 1.81 bits per heavy atom. The van der Waals surface area contributed by atoms with Crippen LogP contribution in [0, 0.1) is 5.82 Å². The van der Waals surface area contributed by atoms with Gasteiger partial charge in [0.15, 0.2) is 0 Å². The molecule has 1 saturated heterocycles. The smallest absolute Gasteiger partial charge is 0.255 e. The van der Waals surface area contributed by atoms with E-state index in [2.05, 4.69) is 15.1 Å². The zero-order valence-corrected chi connectivity index (χ0v) is 14.8. The molecule has 0 radical (unpaired) electrons. The van der Waals surface area contributed by atoms with Gasteiger partial charge in [0, 0.05) is 31.5 Å². The lowest BCUT2D eigenvalue weighted by molar-refractivity contribution is -0.0221. The summed E-state index contributed by atoms with van der Waals surface area (Å²) in [5.41, 5.74) is 0.259. The average molecular weight is 402 g/mol. The number of benzene rings is 1. The van der Waals surface area contributed by atoms with Gasteiger partial charge in [-0.15, -0.1) is 0 Å². The Morgan fingerprint density at radius 3 is 2.50 bits per heavy atom. The summed E-state index contributed by atoms with van der Waals surface area (Å²) in [6, 6.07) is 4.24. The first kappa shape index (κ1) is 17.4. The lowest BCUT2D eigenvalue weighted by atomic mass is 10.0. The Bertz CT molecular complexity index is 961. The molecule has 1 aliphatic rings. The summed E-state index contributed by atoms with van der Waals surface area (Å²) in [5, 5.41) is 4.22. The quantitative estimate of drug-likeness (QED) is 0.594. The molecule has 10 heteroatoms. The van der Waals surface area contributed by atoms with Crippen LogP contribution in [0.1, 0.15) is 12.8 Å². The van der Waals surface area contributed by atoms with Crippen molar-refractivity contribution in [2.45, 2.75) is 18.8 Å². The number of rotatable bonds is 2. The molecule has 0 amide bonds. The second-order valence-corrected chi connectivity index (χ2v) is 6.78. The van der Waals surface area contributed by atoms with Crippen LogP contribution in [-0.2, 0) is 0 Å². The molecule has 136 valence electrons. The van der Waals surface area contributed by atoms with Crippen LogP contribution in [0.25, 0.3) is 16.9 Å². The number of alkyl halides is 2. The molecule has 0 saturated carbocycles. The van der Waals surface area contributed by atoms with Crippen LogP contribution in [-0.4, -0.2) is 38.6 Å². The highest BCUT2D eigenvalue weighted by Gasteiger charge is 2.36. The molecule has 3 heterocycles. The highest BCUT2D eigenvalue weighted by molar-refractivity contribution is 6.36. The van der Waals surface area contributed by atoms with Crippen molar-refractivity contribution in [3.8, 4) is 11.1 Å². The van der Waals surface area contributed by atoms with E-state index in [0.29, 0.717) is 5.82 Å². The number of nitrogens with zero attached hydrogens (tertiary/aromatic N) is 5. The van der Waals surface area contributed by atoms with Crippen LogP contribution in [0.3, 0.4) is 0 Å². The number of piperidine rings is 1. The summed E-state index contributed by atoms with van der Waals surface area (Å²) in [6.07, 6.45) is 0.620. The zero-order valence-electron chi connectivity index (χ0n) is 13.3. The van der Waals surface area contributed by atoms with Crippen molar-refractivity contribution in [1.82, 2.24) is 19.6 Å². The minimum atomic E-state index is -2.73. The Kier molecular flexibility index (Phi) is 4.19. The van der Waals surface area contributed by atoms with Gasteiger partial charge < -0.3 is 4.90 Å². The summed E-state index contributed by atoms with van der Waals surface area (Å²) in [7, 11) is 0. The number of halogens is 5. The molecule has 0 aliphatic carbocycles. The number of hydrogen-bond acceptors (Lipinski definition) is 4. The van der Waals surface area contributed by atoms with Crippen molar-refractivity contribution < 1.29 is 13.2 Å². The van der Waals surface area contributed by atoms with Gasteiger partial charge in [-0.3, -0.25) is 0 Å². The molecule has 5 nitrogen and oxygen atoms in total. The van der Waals surface area contributed by atoms with E-state index in [9.17, 15) is 13.2 Å². The molecule has 0 atom stereocenters. The van der Waals surface area contributed by atoms with Gasteiger partial charge in [-0.25, -0.2) is 13.2 Å². The molecule has 1 aliphatic heterocycles. The molecule has 4 rings (SSSR count). The third kappa shape index (κ3) is 2.87. The van der Waals surface area contributed by atoms with E-state index in [1.165, 1.54) is 29.0 Å². The van der Waals surface area contributed by atoms with E-state index in [1.54, 1.807) is 4.90 Å². The molecular formula is C16H12Cl2F3N5. The van der Waals surface area contributed by atoms with Crippen LogP contribution in [0.4, 0.5) is 19.0 Å². The minimum Gasteiger partial charge on any atom is -0.355 e. The second kappa shape index (κ2) is 6.28. The Labute approximate surface area is 156 Å². The van der Waals surface area contributed by atoms with Gasteiger partial charge in [0.25, 0.3) is 11.7 Å². The molecule has 1 fully saturated rings. The highest BCUT2D eigenvalue weighted by atomic mass is 35.5. The van der Waals surface area contributed by atoms with E-state index in [4.69, 9.17) is 23.2 Å². The standard InChI is InChI=1S/C16H12Cl2F3N5/c17-9-2-1-3-10(19)11(9)12-13(18)24-15-22-8-23-26(15)14(12)25-6-4-16(20,21)5-7-25/h1-3,8H,4-7H2. The fourth-order valence-corrected chi connectivity index (χ4v) is 3.60. The Morgan fingerprint density at radius 1 is 1.08 bits per heavy atom. The summed E-state index contributed by atoms with van der Waals surface area (Å²) in [6.45, 7) is 0.114. The van der Waals surface area contributed by atoms with E-state index >= 15 is 0 Å². The fourth-order valence-electron chi connectivity index (χ4n) is 3.09. The van der Waals surface area contributed by atoms with Crippen molar-refractivity contribution in [3.63, 3.8) is 0 Å². The molecule has 0 unspecified atom stereocenters. The van der Waals surface area contributed by atoms with Gasteiger partial charge in [-0.2, -0.15) is 19.6 Å². The summed E-state index contributed by atoms with van der Waals surface area (Å²) in [4.78, 5) is 9.82. The number of hydrogen-bond donors (Lipinski definition) is 0. The maximum absolute atomic E-state index is 14.6. The number of fused-ring (bicyclic) bond motifs is 1. The maximum atomic E-state index is 14.6.